The van der Waals surface area contributed by atoms with Gasteiger partial charge in [0.2, 0.25) is 0 Å². The van der Waals surface area contributed by atoms with E-state index in [2.05, 4.69) is 4.98 Å². The first-order valence-corrected chi connectivity index (χ1v) is 6.31. The van der Waals surface area contributed by atoms with E-state index in [0.717, 1.165) is 24.6 Å². The van der Waals surface area contributed by atoms with Crippen molar-refractivity contribution in [3.63, 3.8) is 0 Å². The van der Waals surface area contributed by atoms with Crippen LogP contribution in [-0.2, 0) is 6.61 Å². The molecule has 0 atom stereocenters. The van der Waals surface area contributed by atoms with E-state index < -0.39 is 11.8 Å². The van der Waals surface area contributed by atoms with Crippen LogP contribution in [0.5, 0.6) is 5.75 Å². The van der Waals surface area contributed by atoms with Gasteiger partial charge >= 0.3 is 5.97 Å². The Bertz CT molecular complexity index is 650. The van der Waals surface area contributed by atoms with Gasteiger partial charge in [-0.1, -0.05) is 0 Å². The van der Waals surface area contributed by atoms with Crippen LogP contribution in [0.15, 0.2) is 30.7 Å². The lowest BCUT2D eigenvalue weighted by Crippen LogP contribution is -2.07. The van der Waals surface area contributed by atoms with Gasteiger partial charge in [-0.25, -0.2) is 14.2 Å². The normalized spacial score (nSPS) is 14.2. The summed E-state index contributed by atoms with van der Waals surface area (Å²) in [5.41, 5.74) is 0.704. The van der Waals surface area contributed by atoms with E-state index in [1.165, 1.54) is 12.1 Å². The molecule has 0 amide bonds. The van der Waals surface area contributed by atoms with E-state index >= 15 is 0 Å². The van der Waals surface area contributed by atoms with Gasteiger partial charge in [0.15, 0.2) is 0 Å². The topological polar surface area (TPSA) is 64.3 Å². The summed E-state index contributed by atoms with van der Waals surface area (Å²) in [6, 6.07) is 3.94. The molecule has 0 aliphatic heterocycles. The smallest absolute Gasteiger partial charge is 0.339 e. The highest BCUT2D eigenvalue weighted by molar-refractivity contribution is 5.90. The van der Waals surface area contributed by atoms with Crippen LogP contribution in [-0.4, -0.2) is 20.6 Å². The minimum atomic E-state index is -1.21. The van der Waals surface area contributed by atoms with E-state index in [1.807, 2.05) is 4.57 Å². The SMILES string of the molecule is O=C(O)c1cc(F)ccc1OCc1cncn1C1CC1. The number of aromatic carboxylic acids is 1. The van der Waals surface area contributed by atoms with Gasteiger partial charge in [0, 0.05) is 6.04 Å². The maximum Gasteiger partial charge on any atom is 0.339 e. The van der Waals surface area contributed by atoms with Gasteiger partial charge in [-0.2, -0.15) is 0 Å². The molecular formula is C14H13FN2O3. The number of aromatic nitrogens is 2. The van der Waals surface area contributed by atoms with Gasteiger partial charge < -0.3 is 14.4 Å². The fourth-order valence-electron chi connectivity index (χ4n) is 2.07. The first kappa shape index (κ1) is 12.7. The zero-order chi connectivity index (χ0) is 14.1. The predicted octanol–water partition coefficient (Wildman–Crippen LogP) is 2.63. The van der Waals surface area contributed by atoms with Crippen LogP contribution >= 0.6 is 0 Å². The van der Waals surface area contributed by atoms with Crippen molar-refractivity contribution in [2.24, 2.45) is 0 Å². The summed E-state index contributed by atoms with van der Waals surface area (Å²) in [7, 11) is 0. The minimum absolute atomic E-state index is 0.155. The van der Waals surface area contributed by atoms with Gasteiger partial charge in [-0.3, -0.25) is 0 Å². The molecule has 0 radical (unpaired) electrons. The van der Waals surface area contributed by atoms with Crippen molar-refractivity contribution >= 4 is 5.97 Å². The number of hydrogen-bond acceptors (Lipinski definition) is 3. The van der Waals surface area contributed by atoms with Crippen LogP contribution in [0.1, 0.15) is 34.9 Å². The van der Waals surface area contributed by atoms with Gasteiger partial charge in [0.05, 0.1) is 18.2 Å². The quantitative estimate of drug-likeness (QED) is 0.911. The lowest BCUT2D eigenvalue weighted by Gasteiger charge is -2.10. The van der Waals surface area contributed by atoms with Crippen molar-refractivity contribution in [2.75, 3.05) is 0 Å². The van der Waals surface area contributed by atoms with Crippen molar-refractivity contribution in [1.29, 1.82) is 0 Å². The second kappa shape index (κ2) is 4.96. The van der Waals surface area contributed by atoms with Crippen LogP contribution < -0.4 is 4.74 Å². The summed E-state index contributed by atoms with van der Waals surface area (Å²) in [5, 5.41) is 9.04. The number of benzene rings is 1. The molecule has 1 N–H and O–H groups in total. The molecule has 2 aromatic rings. The summed E-state index contributed by atoms with van der Waals surface area (Å²) >= 11 is 0. The second-order valence-corrected chi connectivity index (χ2v) is 4.76. The monoisotopic (exact) mass is 276 g/mol. The number of halogens is 1. The lowest BCUT2D eigenvalue weighted by atomic mass is 10.2. The van der Waals surface area contributed by atoms with Crippen LogP contribution in [0.25, 0.3) is 0 Å². The fourth-order valence-corrected chi connectivity index (χ4v) is 2.07. The molecule has 6 heteroatoms. The molecule has 1 saturated carbocycles. The molecule has 1 aromatic heterocycles. The van der Waals surface area contributed by atoms with Crippen LogP contribution in [0.3, 0.4) is 0 Å². The molecule has 0 saturated heterocycles. The molecule has 104 valence electrons. The van der Waals surface area contributed by atoms with Gasteiger partial charge in [-0.05, 0) is 31.0 Å². The molecule has 3 rings (SSSR count). The van der Waals surface area contributed by atoms with Crippen molar-refractivity contribution in [3.05, 3.63) is 47.8 Å². The van der Waals surface area contributed by atoms with Gasteiger partial charge in [0.25, 0.3) is 0 Å². The van der Waals surface area contributed by atoms with Crippen molar-refractivity contribution in [2.45, 2.75) is 25.5 Å². The molecule has 0 spiro atoms. The Morgan fingerprint density at radius 1 is 1.50 bits per heavy atom. The standard InChI is InChI=1S/C14H13FN2O3/c15-9-1-4-13(12(5-9)14(18)19)20-7-11-6-16-8-17(11)10-2-3-10/h1,4-6,8,10H,2-3,7H2,(H,18,19). The molecule has 0 bridgehead atoms. The Labute approximate surface area is 114 Å². The summed E-state index contributed by atoms with van der Waals surface area (Å²) < 4.78 is 20.6. The molecule has 0 unspecified atom stereocenters. The summed E-state index contributed by atoms with van der Waals surface area (Å²) in [5.74, 6) is -1.66. The van der Waals surface area contributed by atoms with Gasteiger partial charge in [-0.15, -0.1) is 0 Å². The summed E-state index contributed by atoms with van der Waals surface area (Å²) in [6.45, 7) is 0.211. The van der Waals surface area contributed by atoms with Crippen molar-refractivity contribution < 1.29 is 19.0 Å². The number of hydrogen-bond donors (Lipinski definition) is 1. The Balaban J connectivity index is 1.78. The summed E-state index contributed by atoms with van der Waals surface area (Å²) in [6.07, 6.45) is 5.70. The Hall–Kier alpha value is -2.37. The number of carboxylic acids is 1. The number of ether oxygens (including phenoxy) is 1. The molecule has 1 aliphatic carbocycles. The summed E-state index contributed by atoms with van der Waals surface area (Å²) in [4.78, 5) is 15.1. The van der Waals surface area contributed by atoms with Crippen molar-refractivity contribution in [3.8, 4) is 5.75 Å². The number of rotatable bonds is 5. The first-order chi connectivity index (χ1) is 9.65. The zero-order valence-electron chi connectivity index (χ0n) is 10.6. The van der Waals surface area contributed by atoms with Crippen LogP contribution in [0.4, 0.5) is 4.39 Å². The van der Waals surface area contributed by atoms with E-state index in [4.69, 9.17) is 9.84 Å². The highest BCUT2D eigenvalue weighted by Gasteiger charge is 2.25. The number of carboxylic acid groups (broad SMARTS) is 1. The van der Waals surface area contributed by atoms with E-state index in [-0.39, 0.29) is 17.9 Å². The van der Waals surface area contributed by atoms with Crippen LogP contribution in [0.2, 0.25) is 0 Å². The second-order valence-electron chi connectivity index (χ2n) is 4.76. The Kier molecular flexibility index (Phi) is 3.14. The average molecular weight is 276 g/mol. The van der Waals surface area contributed by atoms with E-state index in [0.29, 0.717) is 6.04 Å². The maximum atomic E-state index is 13.1. The Morgan fingerprint density at radius 3 is 3.00 bits per heavy atom. The molecule has 1 heterocycles. The molecule has 20 heavy (non-hydrogen) atoms. The average Bonchev–Trinajstić information content (AvgIpc) is 3.16. The minimum Gasteiger partial charge on any atom is -0.486 e. The Morgan fingerprint density at radius 2 is 2.30 bits per heavy atom. The first-order valence-electron chi connectivity index (χ1n) is 6.31. The molecule has 1 aromatic carbocycles. The molecular weight excluding hydrogens is 263 g/mol. The number of carbonyl (C=O) groups is 1. The number of nitrogens with zero attached hydrogens (tertiary/aromatic N) is 2. The van der Waals surface area contributed by atoms with E-state index in [9.17, 15) is 9.18 Å². The predicted molar refractivity (Wildman–Crippen MR) is 68.2 cm³/mol. The third-order valence-electron chi connectivity index (χ3n) is 3.23. The molecule has 1 fully saturated rings. The highest BCUT2D eigenvalue weighted by Crippen LogP contribution is 2.35. The highest BCUT2D eigenvalue weighted by atomic mass is 19.1. The lowest BCUT2D eigenvalue weighted by molar-refractivity contribution is 0.0691. The largest absolute Gasteiger partial charge is 0.486 e. The van der Waals surface area contributed by atoms with Crippen LogP contribution in [0, 0.1) is 5.82 Å². The molecule has 5 nitrogen and oxygen atoms in total. The van der Waals surface area contributed by atoms with E-state index in [1.54, 1.807) is 12.5 Å². The fraction of sp³-hybridized carbons (Fsp3) is 0.286. The third kappa shape index (κ3) is 2.49. The molecule has 1 aliphatic rings. The zero-order valence-corrected chi connectivity index (χ0v) is 10.6. The van der Waals surface area contributed by atoms with Gasteiger partial charge in [0.1, 0.15) is 23.7 Å². The maximum absolute atomic E-state index is 13.1. The van der Waals surface area contributed by atoms with Crippen molar-refractivity contribution in [1.82, 2.24) is 9.55 Å². The third-order valence-corrected chi connectivity index (χ3v) is 3.23. The number of imidazole rings is 1.